The molecule has 0 saturated carbocycles. The third kappa shape index (κ3) is 3.78. The van der Waals surface area contributed by atoms with E-state index < -0.39 is 5.82 Å². The van der Waals surface area contributed by atoms with Gasteiger partial charge in [-0.15, -0.1) is 0 Å². The van der Waals surface area contributed by atoms with Crippen molar-refractivity contribution in [3.63, 3.8) is 0 Å². The predicted octanol–water partition coefficient (Wildman–Crippen LogP) is 4.59. The van der Waals surface area contributed by atoms with E-state index in [0.29, 0.717) is 17.1 Å². The molecule has 2 aromatic rings. The first-order valence-corrected chi connectivity index (χ1v) is 6.61. The van der Waals surface area contributed by atoms with Crippen LogP contribution in [0, 0.1) is 5.82 Å². The molecule has 0 aliphatic rings. The average molecular weight is 295 g/mol. The maximum absolute atomic E-state index is 13.1. The molecule has 0 bridgehead atoms. The van der Waals surface area contributed by atoms with Gasteiger partial charge in [-0.2, -0.15) is 0 Å². The van der Waals surface area contributed by atoms with Gasteiger partial charge < -0.3 is 15.8 Å². The molecule has 2 rings (SSSR count). The molecule has 0 amide bonds. The quantitative estimate of drug-likeness (QED) is 0.811. The number of nitrogens with one attached hydrogen (secondary N) is 1. The number of nitrogen functional groups attached to an aromatic ring is 1. The molecule has 0 radical (unpaired) electrons. The fourth-order valence-corrected chi connectivity index (χ4v) is 1.96. The summed E-state index contributed by atoms with van der Waals surface area (Å²) in [5.41, 5.74) is 7.85. The normalized spacial score (nSPS) is 10.7. The molecular formula is C15H16ClFN2O. The minimum absolute atomic E-state index is 0.0601. The van der Waals surface area contributed by atoms with Crippen molar-refractivity contribution < 1.29 is 9.13 Å². The van der Waals surface area contributed by atoms with Gasteiger partial charge in [-0.05, 0) is 38.1 Å². The summed E-state index contributed by atoms with van der Waals surface area (Å²) in [6.45, 7) is 3.88. The highest BCUT2D eigenvalue weighted by molar-refractivity contribution is 6.31. The second-order valence-electron chi connectivity index (χ2n) is 4.71. The zero-order chi connectivity index (χ0) is 14.7. The van der Waals surface area contributed by atoms with E-state index in [1.165, 1.54) is 12.1 Å². The molecule has 5 heteroatoms. The fourth-order valence-electron chi connectivity index (χ4n) is 1.78. The van der Waals surface area contributed by atoms with Crippen LogP contribution >= 0.6 is 11.6 Å². The first-order chi connectivity index (χ1) is 9.44. The summed E-state index contributed by atoms with van der Waals surface area (Å²) in [6, 6.07) is 9.78. The predicted molar refractivity (Wildman–Crippen MR) is 81.3 cm³/mol. The Morgan fingerprint density at radius 3 is 2.55 bits per heavy atom. The largest absolute Gasteiger partial charge is 0.491 e. The van der Waals surface area contributed by atoms with Crippen molar-refractivity contribution in [2.45, 2.75) is 20.0 Å². The second-order valence-corrected chi connectivity index (χ2v) is 5.12. The molecule has 0 heterocycles. The van der Waals surface area contributed by atoms with Crippen molar-refractivity contribution >= 4 is 28.7 Å². The molecule has 0 spiro atoms. The molecule has 106 valence electrons. The maximum atomic E-state index is 13.1. The summed E-state index contributed by atoms with van der Waals surface area (Å²) in [5, 5.41) is 3.18. The lowest BCUT2D eigenvalue weighted by molar-refractivity contribution is 0.242. The summed E-state index contributed by atoms with van der Waals surface area (Å²) in [4.78, 5) is 0. The maximum Gasteiger partial charge on any atom is 0.141 e. The lowest BCUT2D eigenvalue weighted by Gasteiger charge is -2.13. The number of ether oxygens (including phenoxy) is 1. The van der Waals surface area contributed by atoms with Crippen molar-refractivity contribution in [3.8, 4) is 5.75 Å². The van der Waals surface area contributed by atoms with Crippen molar-refractivity contribution in [1.29, 1.82) is 0 Å². The third-order valence-electron chi connectivity index (χ3n) is 2.51. The summed E-state index contributed by atoms with van der Waals surface area (Å²) in [5.74, 6) is 0.226. The number of halogens is 2. The van der Waals surface area contributed by atoms with Crippen LogP contribution in [0.25, 0.3) is 0 Å². The molecule has 0 fully saturated rings. The topological polar surface area (TPSA) is 47.3 Å². The van der Waals surface area contributed by atoms with Gasteiger partial charge in [0, 0.05) is 29.2 Å². The van der Waals surface area contributed by atoms with Crippen molar-refractivity contribution in [1.82, 2.24) is 0 Å². The van der Waals surface area contributed by atoms with E-state index in [1.54, 1.807) is 18.2 Å². The van der Waals surface area contributed by atoms with E-state index in [4.69, 9.17) is 22.1 Å². The summed E-state index contributed by atoms with van der Waals surface area (Å²) >= 11 is 5.75. The van der Waals surface area contributed by atoms with Crippen molar-refractivity contribution in [2.75, 3.05) is 11.1 Å². The number of rotatable bonds is 4. The zero-order valence-corrected chi connectivity index (χ0v) is 12.0. The van der Waals surface area contributed by atoms with E-state index in [9.17, 15) is 4.39 Å². The molecule has 2 aromatic carbocycles. The van der Waals surface area contributed by atoms with Gasteiger partial charge in [-0.1, -0.05) is 11.6 Å². The minimum atomic E-state index is -0.450. The Hall–Kier alpha value is -1.94. The van der Waals surface area contributed by atoms with Crippen LogP contribution < -0.4 is 15.8 Å². The molecule has 0 aliphatic carbocycles. The molecular weight excluding hydrogens is 279 g/mol. The Morgan fingerprint density at radius 1 is 1.15 bits per heavy atom. The monoisotopic (exact) mass is 294 g/mol. The van der Waals surface area contributed by atoms with E-state index >= 15 is 0 Å². The summed E-state index contributed by atoms with van der Waals surface area (Å²) in [7, 11) is 0. The minimum Gasteiger partial charge on any atom is -0.491 e. The highest BCUT2D eigenvalue weighted by Gasteiger charge is 2.05. The van der Waals surface area contributed by atoms with Gasteiger partial charge in [0.25, 0.3) is 0 Å². The smallest absolute Gasteiger partial charge is 0.141 e. The number of hydrogen-bond donors (Lipinski definition) is 2. The lowest BCUT2D eigenvalue weighted by Crippen LogP contribution is -2.06. The van der Waals surface area contributed by atoms with Gasteiger partial charge in [0.05, 0.1) is 11.1 Å². The van der Waals surface area contributed by atoms with Crippen molar-refractivity contribution in [2.24, 2.45) is 0 Å². The van der Waals surface area contributed by atoms with Crippen LogP contribution in [-0.4, -0.2) is 6.10 Å². The molecule has 0 atom stereocenters. The average Bonchev–Trinajstić information content (AvgIpc) is 2.32. The van der Waals surface area contributed by atoms with Crippen LogP contribution in [0.1, 0.15) is 13.8 Å². The van der Waals surface area contributed by atoms with Gasteiger partial charge in [0.1, 0.15) is 11.6 Å². The van der Waals surface area contributed by atoms with E-state index in [0.717, 1.165) is 5.69 Å². The number of benzene rings is 2. The first-order valence-electron chi connectivity index (χ1n) is 6.23. The molecule has 0 unspecified atom stereocenters. The molecule has 3 N–H and O–H groups in total. The number of hydrogen-bond acceptors (Lipinski definition) is 3. The Kier molecular flexibility index (Phi) is 4.35. The summed E-state index contributed by atoms with van der Waals surface area (Å²) < 4.78 is 18.7. The number of anilines is 3. The van der Waals surface area contributed by atoms with E-state index in [-0.39, 0.29) is 11.1 Å². The third-order valence-corrected chi connectivity index (χ3v) is 2.80. The Labute approximate surface area is 122 Å². The SMILES string of the molecule is CC(C)Oc1cc(N)cc(Nc2ccc(F)c(Cl)c2)c1. The number of nitrogens with two attached hydrogens (primary N) is 1. The van der Waals surface area contributed by atoms with Gasteiger partial charge >= 0.3 is 0 Å². The Bertz CT molecular complexity index is 617. The highest BCUT2D eigenvalue weighted by atomic mass is 35.5. The van der Waals surface area contributed by atoms with Gasteiger partial charge in [-0.3, -0.25) is 0 Å². The van der Waals surface area contributed by atoms with Crippen LogP contribution in [-0.2, 0) is 0 Å². The zero-order valence-electron chi connectivity index (χ0n) is 11.3. The first kappa shape index (κ1) is 14.5. The molecule has 0 aromatic heterocycles. The molecule has 20 heavy (non-hydrogen) atoms. The van der Waals surface area contributed by atoms with Gasteiger partial charge in [0.15, 0.2) is 0 Å². The highest BCUT2D eigenvalue weighted by Crippen LogP contribution is 2.27. The van der Waals surface area contributed by atoms with Gasteiger partial charge in [-0.25, -0.2) is 4.39 Å². The lowest BCUT2D eigenvalue weighted by atomic mass is 10.2. The standard InChI is InChI=1S/C15H16ClFN2O/c1-9(2)20-13-6-10(18)5-12(7-13)19-11-3-4-15(17)14(16)8-11/h3-9,19H,18H2,1-2H3. The molecule has 0 saturated heterocycles. The van der Waals surface area contributed by atoms with Gasteiger partial charge in [0.2, 0.25) is 0 Å². The van der Waals surface area contributed by atoms with Crippen LogP contribution in [0.15, 0.2) is 36.4 Å². The van der Waals surface area contributed by atoms with Crippen molar-refractivity contribution in [3.05, 3.63) is 47.2 Å². The van der Waals surface area contributed by atoms with Crippen LogP contribution in [0.2, 0.25) is 5.02 Å². The Morgan fingerprint density at radius 2 is 1.90 bits per heavy atom. The Balaban J connectivity index is 2.24. The second kappa shape index (κ2) is 6.01. The molecule has 3 nitrogen and oxygen atoms in total. The van der Waals surface area contributed by atoms with Crippen LogP contribution in [0.5, 0.6) is 5.75 Å². The van der Waals surface area contributed by atoms with Crippen LogP contribution in [0.4, 0.5) is 21.5 Å². The summed E-state index contributed by atoms with van der Waals surface area (Å²) in [6.07, 6.45) is 0.0601. The fraction of sp³-hybridized carbons (Fsp3) is 0.200. The van der Waals surface area contributed by atoms with E-state index in [2.05, 4.69) is 5.32 Å². The molecule has 0 aliphatic heterocycles. The van der Waals surface area contributed by atoms with E-state index in [1.807, 2.05) is 19.9 Å². The van der Waals surface area contributed by atoms with Crippen LogP contribution in [0.3, 0.4) is 0 Å².